The van der Waals surface area contributed by atoms with Gasteiger partial charge in [0.15, 0.2) is 0 Å². The van der Waals surface area contributed by atoms with Crippen molar-refractivity contribution in [3.63, 3.8) is 0 Å². The summed E-state index contributed by atoms with van der Waals surface area (Å²) in [4.78, 5) is 56.7. The first kappa shape index (κ1) is 25.3. The van der Waals surface area contributed by atoms with Crippen molar-refractivity contribution in [3.8, 4) is 0 Å². The number of urea groups is 1. The number of hydrogen-bond donors (Lipinski definition) is 6. The molecule has 0 unspecified atom stereocenters. The Balaban J connectivity index is 2.41. The number of unbranched alkanes of at least 4 members (excludes halogenated alkanes) is 1. The fraction of sp³-hybridized carbons (Fsp3) is 0.421. The molecule has 0 saturated heterocycles. The molecule has 3 amide bonds. The third kappa shape index (κ3) is 10.1. The predicted molar refractivity (Wildman–Crippen MR) is 104 cm³/mol. The summed E-state index contributed by atoms with van der Waals surface area (Å²) in [6, 6.07) is 1.13. The van der Waals surface area contributed by atoms with Crippen molar-refractivity contribution in [2.75, 3.05) is 6.54 Å². The maximum atomic E-state index is 12.8. The van der Waals surface area contributed by atoms with Crippen LogP contribution in [0.5, 0.6) is 0 Å². The number of carbonyl (C=O) groups is 5. The normalized spacial score (nSPS) is 12.3. The van der Waals surface area contributed by atoms with Crippen LogP contribution in [0, 0.1) is 5.82 Å². The lowest BCUT2D eigenvalue weighted by Gasteiger charge is -2.18. The third-order valence-corrected chi connectivity index (χ3v) is 4.17. The number of rotatable bonds is 13. The van der Waals surface area contributed by atoms with Crippen molar-refractivity contribution in [3.05, 3.63) is 35.6 Å². The second-order valence-electron chi connectivity index (χ2n) is 6.59. The first-order valence-electron chi connectivity index (χ1n) is 9.38. The average Bonchev–Trinajstić information content (AvgIpc) is 2.69. The zero-order chi connectivity index (χ0) is 23.4. The van der Waals surface area contributed by atoms with Crippen LogP contribution in [0.15, 0.2) is 24.3 Å². The van der Waals surface area contributed by atoms with E-state index in [1.165, 1.54) is 12.1 Å². The molecule has 1 aromatic carbocycles. The van der Waals surface area contributed by atoms with E-state index in [1.54, 1.807) is 0 Å². The van der Waals surface area contributed by atoms with Gasteiger partial charge in [0, 0.05) is 18.5 Å². The van der Waals surface area contributed by atoms with Gasteiger partial charge in [-0.15, -0.1) is 0 Å². The SMILES string of the molecule is O=C(O)CC[C@H](NC(=O)N[C@@H](CCCCNC(=O)c1ccc(F)cc1)C(=O)O)C(=O)O. The monoisotopic (exact) mass is 441 g/mol. The Morgan fingerprint density at radius 3 is 1.90 bits per heavy atom. The molecule has 0 heterocycles. The number of benzene rings is 1. The lowest BCUT2D eigenvalue weighted by atomic mass is 10.1. The number of nitrogens with one attached hydrogen (secondary N) is 3. The van der Waals surface area contributed by atoms with Crippen molar-refractivity contribution >= 4 is 29.8 Å². The smallest absolute Gasteiger partial charge is 0.326 e. The number of amides is 3. The number of carbonyl (C=O) groups excluding carboxylic acids is 2. The zero-order valence-electron chi connectivity index (χ0n) is 16.5. The molecular weight excluding hydrogens is 417 g/mol. The Labute approximate surface area is 176 Å². The highest BCUT2D eigenvalue weighted by atomic mass is 19.1. The molecule has 1 rings (SSSR count). The van der Waals surface area contributed by atoms with Crippen molar-refractivity contribution in [1.29, 1.82) is 0 Å². The van der Waals surface area contributed by atoms with Gasteiger partial charge in [-0.1, -0.05) is 0 Å². The molecule has 0 aliphatic rings. The topological polar surface area (TPSA) is 182 Å². The van der Waals surface area contributed by atoms with Crippen LogP contribution in [0.1, 0.15) is 42.5 Å². The molecule has 31 heavy (non-hydrogen) atoms. The summed E-state index contributed by atoms with van der Waals surface area (Å²) in [6.07, 6.45) is -0.104. The Hall–Kier alpha value is -3.70. The molecule has 0 bridgehead atoms. The van der Waals surface area contributed by atoms with Crippen LogP contribution in [0.25, 0.3) is 0 Å². The Bertz CT molecular complexity index is 800. The average molecular weight is 441 g/mol. The molecule has 6 N–H and O–H groups in total. The summed E-state index contributed by atoms with van der Waals surface area (Å²) in [6.45, 7) is 0.227. The molecule has 0 spiro atoms. The van der Waals surface area contributed by atoms with Gasteiger partial charge in [0.2, 0.25) is 0 Å². The van der Waals surface area contributed by atoms with E-state index < -0.39 is 54.2 Å². The van der Waals surface area contributed by atoms with Gasteiger partial charge >= 0.3 is 23.9 Å². The Kier molecular flexibility index (Phi) is 10.4. The number of aliphatic carboxylic acids is 3. The number of carboxylic acid groups (broad SMARTS) is 3. The van der Waals surface area contributed by atoms with Crippen LogP contribution in [0.3, 0.4) is 0 Å². The lowest BCUT2D eigenvalue weighted by molar-refractivity contribution is -0.140. The van der Waals surface area contributed by atoms with E-state index in [0.717, 1.165) is 12.1 Å². The van der Waals surface area contributed by atoms with Gasteiger partial charge in [0.1, 0.15) is 17.9 Å². The van der Waals surface area contributed by atoms with E-state index >= 15 is 0 Å². The van der Waals surface area contributed by atoms with Gasteiger partial charge in [-0.2, -0.15) is 0 Å². The van der Waals surface area contributed by atoms with E-state index in [0.29, 0.717) is 12.8 Å². The van der Waals surface area contributed by atoms with Crippen molar-refractivity contribution < 1.29 is 43.7 Å². The van der Waals surface area contributed by atoms with Crippen LogP contribution in [-0.4, -0.2) is 63.8 Å². The number of hydrogen-bond acceptors (Lipinski definition) is 5. The van der Waals surface area contributed by atoms with E-state index in [-0.39, 0.29) is 24.9 Å². The van der Waals surface area contributed by atoms with Gasteiger partial charge in [0.25, 0.3) is 5.91 Å². The van der Waals surface area contributed by atoms with E-state index in [9.17, 15) is 33.5 Å². The fourth-order valence-corrected chi connectivity index (χ4v) is 2.52. The van der Waals surface area contributed by atoms with Crippen molar-refractivity contribution in [2.45, 2.75) is 44.2 Å². The molecule has 0 saturated carbocycles. The third-order valence-electron chi connectivity index (χ3n) is 4.17. The largest absolute Gasteiger partial charge is 0.481 e. The summed E-state index contributed by atoms with van der Waals surface area (Å²) >= 11 is 0. The summed E-state index contributed by atoms with van der Waals surface area (Å²) in [5.41, 5.74) is 0.277. The minimum absolute atomic E-state index is 0.0159. The van der Waals surface area contributed by atoms with Gasteiger partial charge in [-0.3, -0.25) is 9.59 Å². The molecule has 2 atom stereocenters. The Morgan fingerprint density at radius 2 is 1.39 bits per heavy atom. The van der Waals surface area contributed by atoms with Gasteiger partial charge in [-0.25, -0.2) is 18.8 Å². The summed E-state index contributed by atoms with van der Waals surface area (Å²) in [7, 11) is 0. The molecule has 0 aromatic heterocycles. The van der Waals surface area contributed by atoms with Crippen LogP contribution in [0.2, 0.25) is 0 Å². The standard InChI is InChI=1S/C19H24FN3O8/c20-12-6-4-11(5-7-12)16(26)21-10-2-1-3-13(17(27)28)22-19(31)23-14(18(29)30)8-9-15(24)25/h4-7,13-14H,1-3,8-10H2,(H,21,26)(H,24,25)(H,27,28)(H,29,30)(H2,22,23,31)/t13-,14-/m0/s1. The highest BCUT2D eigenvalue weighted by Crippen LogP contribution is 2.05. The summed E-state index contributed by atoms with van der Waals surface area (Å²) < 4.78 is 12.8. The molecule has 1 aromatic rings. The highest BCUT2D eigenvalue weighted by molar-refractivity contribution is 5.94. The maximum absolute atomic E-state index is 12.8. The molecule has 170 valence electrons. The quantitative estimate of drug-likeness (QED) is 0.243. The molecule has 0 aliphatic carbocycles. The summed E-state index contributed by atoms with van der Waals surface area (Å²) in [5, 5.41) is 33.6. The van der Waals surface area contributed by atoms with E-state index in [2.05, 4.69) is 10.6 Å². The van der Waals surface area contributed by atoms with Crippen molar-refractivity contribution in [1.82, 2.24) is 16.0 Å². The maximum Gasteiger partial charge on any atom is 0.326 e. The minimum atomic E-state index is -1.48. The fourth-order valence-electron chi connectivity index (χ4n) is 2.52. The second-order valence-corrected chi connectivity index (χ2v) is 6.59. The van der Waals surface area contributed by atoms with Crippen molar-refractivity contribution in [2.24, 2.45) is 0 Å². The highest BCUT2D eigenvalue weighted by Gasteiger charge is 2.24. The molecule has 0 aliphatic heterocycles. The second kappa shape index (κ2) is 12.8. The van der Waals surface area contributed by atoms with Crippen LogP contribution < -0.4 is 16.0 Å². The molecule has 11 nitrogen and oxygen atoms in total. The van der Waals surface area contributed by atoms with Gasteiger partial charge < -0.3 is 31.3 Å². The number of carboxylic acids is 3. The molecule has 0 fully saturated rings. The first-order chi connectivity index (χ1) is 14.6. The predicted octanol–water partition coefficient (Wildman–Crippen LogP) is 0.796. The van der Waals surface area contributed by atoms with Crippen LogP contribution in [-0.2, 0) is 14.4 Å². The van der Waals surface area contributed by atoms with Gasteiger partial charge in [0.05, 0.1) is 0 Å². The molecular formula is C19H24FN3O8. The minimum Gasteiger partial charge on any atom is -0.481 e. The molecule has 12 heteroatoms. The van der Waals surface area contributed by atoms with E-state index in [4.69, 9.17) is 10.2 Å². The first-order valence-corrected chi connectivity index (χ1v) is 9.38. The Morgan fingerprint density at radius 1 is 0.839 bits per heavy atom. The molecule has 0 radical (unpaired) electrons. The zero-order valence-corrected chi connectivity index (χ0v) is 16.5. The number of halogens is 1. The summed E-state index contributed by atoms with van der Waals surface area (Å²) in [5.74, 6) is -4.89. The lowest BCUT2D eigenvalue weighted by Crippen LogP contribution is -2.51. The van der Waals surface area contributed by atoms with E-state index in [1.807, 2.05) is 5.32 Å². The van der Waals surface area contributed by atoms with Gasteiger partial charge in [-0.05, 0) is 49.9 Å². The van der Waals surface area contributed by atoms with Crippen LogP contribution >= 0.6 is 0 Å². The van der Waals surface area contributed by atoms with Crippen LogP contribution in [0.4, 0.5) is 9.18 Å².